The minimum atomic E-state index is -2.80. The van der Waals surface area contributed by atoms with Gasteiger partial charge in [-0.25, -0.2) is 13.4 Å². The Hall–Kier alpha value is -2.64. The fourth-order valence-electron chi connectivity index (χ4n) is 6.55. The Kier molecular flexibility index (Phi) is 5.96. The van der Waals surface area contributed by atoms with E-state index in [4.69, 9.17) is 0 Å². The van der Waals surface area contributed by atoms with Gasteiger partial charge in [0.15, 0.2) is 0 Å². The maximum atomic E-state index is 11.8. The number of nitrogens with zero attached hydrogens (tertiary/aromatic N) is 3. The van der Waals surface area contributed by atoms with Gasteiger partial charge >= 0.3 is 0 Å². The molecule has 2 aliphatic rings. The summed E-state index contributed by atoms with van der Waals surface area (Å²) < 4.78 is 25.8. The molecule has 0 atom stereocenters. The molecular formula is C29H36N4O2S. The number of aromatic nitrogens is 3. The molecule has 6 rings (SSSR count). The maximum Gasteiger partial charge on any atom is 0.150 e. The Morgan fingerprint density at radius 3 is 2.50 bits per heavy atom. The standard InChI is InChI=1S/C29H36N4O2S/c1-19(2)27-24-17-21(20-8-13-33(14-9-20)22-10-15-36(34,35)16-11-22)6-7-26(24)31-28(27)25-18-32(3)29-23(25)5-4-12-30-29/h4-7,12,17-20,22,31H,8-11,13-16H2,1-3H3. The molecule has 2 aliphatic heterocycles. The average molecular weight is 505 g/mol. The van der Waals surface area contributed by atoms with Gasteiger partial charge < -0.3 is 14.5 Å². The van der Waals surface area contributed by atoms with Gasteiger partial charge in [-0.2, -0.15) is 0 Å². The minimum Gasteiger partial charge on any atom is -0.354 e. The second-order valence-corrected chi connectivity index (χ2v) is 13.4. The molecule has 1 N–H and O–H groups in total. The van der Waals surface area contributed by atoms with Crippen LogP contribution in [0.1, 0.15) is 62.5 Å². The van der Waals surface area contributed by atoms with Crippen LogP contribution in [0.5, 0.6) is 0 Å². The van der Waals surface area contributed by atoms with E-state index in [0.29, 0.717) is 29.4 Å². The molecule has 6 nitrogen and oxygen atoms in total. The number of rotatable bonds is 4. The molecule has 0 spiro atoms. The highest BCUT2D eigenvalue weighted by molar-refractivity contribution is 7.91. The van der Waals surface area contributed by atoms with E-state index < -0.39 is 9.84 Å². The molecule has 0 aliphatic carbocycles. The molecule has 2 fully saturated rings. The predicted octanol–water partition coefficient (Wildman–Crippen LogP) is 5.60. The molecule has 3 aromatic heterocycles. The average Bonchev–Trinajstić information content (AvgIpc) is 3.42. The van der Waals surface area contributed by atoms with Gasteiger partial charge in [-0.3, -0.25) is 0 Å². The van der Waals surface area contributed by atoms with E-state index in [2.05, 4.69) is 70.8 Å². The first-order chi connectivity index (χ1) is 17.3. The van der Waals surface area contributed by atoms with E-state index in [-0.39, 0.29) is 0 Å². The van der Waals surface area contributed by atoms with Crippen LogP contribution in [0.4, 0.5) is 0 Å². The number of hydrogen-bond acceptors (Lipinski definition) is 4. The predicted molar refractivity (Wildman–Crippen MR) is 147 cm³/mol. The number of benzene rings is 1. The highest BCUT2D eigenvalue weighted by atomic mass is 32.2. The molecule has 36 heavy (non-hydrogen) atoms. The third kappa shape index (κ3) is 4.16. The van der Waals surface area contributed by atoms with Gasteiger partial charge in [-0.15, -0.1) is 0 Å². The topological polar surface area (TPSA) is 71.0 Å². The second kappa shape index (κ2) is 9.03. The summed E-state index contributed by atoms with van der Waals surface area (Å²) in [6.07, 6.45) is 7.92. The molecular weight excluding hydrogens is 468 g/mol. The smallest absolute Gasteiger partial charge is 0.150 e. The Bertz CT molecular complexity index is 1510. The van der Waals surface area contributed by atoms with Gasteiger partial charge in [0.2, 0.25) is 0 Å². The SMILES string of the molecule is CC(C)c1c(-c2cn(C)c3ncccc23)[nH]c2ccc(C3CCN(C4CCS(=O)(=O)CC4)CC3)cc12. The van der Waals surface area contributed by atoms with Crippen molar-refractivity contribution in [2.75, 3.05) is 24.6 Å². The van der Waals surface area contributed by atoms with Crippen LogP contribution in [0.2, 0.25) is 0 Å². The van der Waals surface area contributed by atoms with E-state index in [9.17, 15) is 8.42 Å². The van der Waals surface area contributed by atoms with E-state index >= 15 is 0 Å². The van der Waals surface area contributed by atoms with Crippen molar-refractivity contribution in [3.63, 3.8) is 0 Å². The van der Waals surface area contributed by atoms with Gasteiger partial charge in [0, 0.05) is 47.3 Å². The van der Waals surface area contributed by atoms with Crippen LogP contribution >= 0.6 is 0 Å². The fraction of sp³-hybridized carbons (Fsp3) is 0.483. The summed E-state index contributed by atoms with van der Waals surface area (Å²) >= 11 is 0. The van der Waals surface area contributed by atoms with Crippen molar-refractivity contribution in [2.24, 2.45) is 7.05 Å². The molecule has 0 radical (unpaired) electrons. The Morgan fingerprint density at radius 1 is 1.03 bits per heavy atom. The molecule has 7 heteroatoms. The zero-order valence-electron chi connectivity index (χ0n) is 21.5. The second-order valence-electron chi connectivity index (χ2n) is 11.1. The largest absolute Gasteiger partial charge is 0.354 e. The lowest BCUT2D eigenvalue weighted by atomic mass is 9.87. The Labute approximate surface area is 213 Å². The van der Waals surface area contributed by atoms with Crippen molar-refractivity contribution in [1.29, 1.82) is 0 Å². The van der Waals surface area contributed by atoms with Gasteiger partial charge in [-0.1, -0.05) is 19.9 Å². The quantitative estimate of drug-likeness (QED) is 0.393. The van der Waals surface area contributed by atoms with Gasteiger partial charge in [0.1, 0.15) is 15.5 Å². The highest BCUT2D eigenvalue weighted by Crippen LogP contribution is 2.40. The molecule has 190 valence electrons. The number of aromatic amines is 1. The monoisotopic (exact) mass is 504 g/mol. The molecule has 0 unspecified atom stereocenters. The number of likely N-dealkylation sites (tertiary alicyclic amines) is 1. The van der Waals surface area contributed by atoms with Crippen LogP contribution in [0.15, 0.2) is 42.7 Å². The van der Waals surface area contributed by atoms with Crippen LogP contribution < -0.4 is 0 Å². The Morgan fingerprint density at radius 2 is 1.78 bits per heavy atom. The third-order valence-electron chi connectivity index (χ3n) is 8.48. The number of sulfone groups is 1. The first-order valence-corrected chi connectivity index (χ1v) is 15.1. The fourth-order valence-corrected chi connectivity index (χ4v) is 8.02. The number of aryl methyl sites for hydroxylation is 1. The number of piperidine rings is 1. The molecule has 0 amide bonds. The number of nitrogens with one attached hydrogen (secondary N) is 1. The highest BCUT2D eigenvalue weighted by Gasteiger charge is 2.31. The molecule has 0 bridgehead atoms. The van der Waals surface area contributed by atoms with Crippen LogP contribution in [-0.4, -0.2) is 58.5 Å². The lowest BCUT2D eigenvalue weighted by Gasteiger charge is -2.39. The van der Waals surface area contributed by atoms with Crippen LogP contribution in [-0.2, 0) is 16.9 Å². The molecule has 0 saturated carbocycles. The number of pyridine rings is 1. The van der Waals surface area contributed by atoms with E-state index in [1.165, 1.54) is 38.7 Å². The first kappa shape index (κ1) is 23.7. The summed E-state index contributed by atoms with van der Waals surface area (Å²) in [6.45, 7) is 6.69. The molecule has 2 saturated heterocycles. The van der Waals surface area contributed by atoms with Crippen LogP contribution in [0, 0.1) is 0 Å². The Balaban J connectivity index is 1.29. The summed E-state index contributed by atoms with van der Waals surface area (Å²) in [5.41, 5.74) is 7.43. The van der Waals surface area contributed by atoms with E-state index in [1.54, 1.807) is 0 Å². The molecule has 4 aromatic rings. The summed E-state index contributed by atoms with van der Waals surface area (Å²) in [6, 6.07) is 11.6. The summed E-state index contributed by atoms with van der Waals surface area (Å²) in [7, 11) is -0.741. The van der Waals surface area contributed by atoms with Crippen molar-refractivity contribution in [1.82, 2.24) is 19.4 Å². The zero-order chi connectivity index (χ0) is 25.0. The van der Waals surface area contributed by atoms with E-state index in [1.807, 2.05) is 12.3 Å². The van der Waals surface area contributed by atoms with Crippen molar-refractivity contribution in [3.05, 3.63) is 53.9 Å². The van der Waals surface area contributed by atoms with Crippen molar-refractivity contribution < 1.29 is 8.42 Å². The van der Waals surface area contributed by atoms with Crippen molar-refractivity contribution >= 4 is 31.8 Å². The normalized spacial score (nSPS) is 20.1. The number of H-pyrrole nitrogens is 1. The molecule has 1 aromatic carbocycles. The summed E-state index contributed by atoms with van der Waals surface area (Å²) in [5.74, 6) is 1.65. The molecule has 5 heterocycles. The number of fused-ring (bicyclic) bond motifs is 2. The zero-order valence-corrected chi connectivity index (χ0v) is 22.3. The lowest BCUT2D eigenvalue weighted by Crippen LogP contribution is -2.44. The summed E-state index contributed by atoms with van der Waals surface area (Å²) in [4.78, 5) is 10.9. The van der Waals surface area contributed by atoms with Gasteiger partial charge in [-0.05, 0) is 86.0 Å². The van der Waals surface area contributed by atoms with Gasteiger partial charge in [0.25, 0.3) is 0 Å². The van der Waals surface area contributed by atoms with Crippen molar-refractivity contribution in [3.8, 4) is 11.3 Å². The number of hydrogen-bond donors (Lipinski definition) is 1. The maximum absolute atomic E-state index is 11.8. The van der Waals surface area contributed by atoms with Crippen LogP contribution in [0.25, 0.3) is 33.2 Å². The van der Waals surface area contributed by atoms with Crippen LogP contribution in [0.3, 0.4) is 0 Å². The van der Waals surface area contributed by atoms with Crippen molar-refractivity contribution in [2.45, 2.75) is 57.4 Å². The first-order valence-electron chi connectivity index (χ1n) is 13.3. The third-order valence-corrected chi connectivity index (χ3v) is 10.2. The lowest BCUT2D eigenvalue weighted by molar-refractivity contribution is 0.142. The van der Waals surface area contributed by atoms with E-state index in [0.717, 1.165) is 44.4 Å². The minimum absolute atomic E-state index is 0.356. The van der Waals surface area contributed by atoms with Gasteiger partial charge in [0.05, 0.1) is 17.2 Å². The summed E-state index contributed by atoms with van der Waals surface area (Å²) in [5, 5.41) is 2.51.